The van der Waals surface area contributed by atoms with Gasteiger partial charge in [0.15, 0.2) is 5.65 Å². The van der Waals surface area contributed by atoms with Gasteiger partial charge >= 0.3 is 0 Å². The maximum atomic E-state index is 13.6. The average Bonchev–Trinajstić information content (AvgIpc) is 3.31. The van der Waals surface area contributed by atoms with Gasteiger partial charge in [0, 0.05) is 37.1 Å². The molecule has 0 amide bonds. The Bertz CT molecular complexity index is 1300. The summed E-state index contributed by atoms with van der Waals surface area (Å²) in [5.41, 5.74) is 2.16. The Kier molecular flexibility index (Phi) is 4.03. The van der Waals surface area contributed by atoms with Crippen LogP contribution in [0.15, 0.2) is 41.6 Å². The van der Waals surface area contributed by atoms with Crippen molar-refractivity contribution in [3.8, 4) is 0 Å². The van der Waals surface area contributed by atoms with E-state index in [2.05, 4.69) is 10.1 Å². The molecule has 4 aromatic rings. The van der Waals surface area contributed by atoms with Gasteiger partial charge in [0.05, 0.1) is 17.9 Å². The summed E-state index contributed by atoms with van der Waals surface area (Å²) in [5, 5.41) is 4.76. The van der Waals surface area contributed by atoms with Crippen LogP contribution in [0.25, 0.3) is 16.7 Å². The molecule has 2 fully saturated rings. The molecule has 4 aromatic heterocycles. The Morgan fingerprint density at radius 2 is 1.87 bits per heavy atom. The fourth-order valence-electron chi connectivity index (χ4n) is 4.98. The smallest absolute Gasteiger partial charge is 0.262 e. The average molecular weight is 424 g/mol. The van der Waals surface area contributed by atoms with Gasteiger partial charge in [-0.15, -0.1) is 0 Å². The minimum Gasteiger partial charge on any atom is -0.310 e. The van der Waals surface area contributed by atoms with Gasteiger partial charge in [0.1, 0.15) is 16.9 Å². The van der Waals surface area contributed by atoms with Crippen LogP contribution >= 0.6 is 0 Å². The highest BCUT2D eigenvalue weighted by Gasteiger charge is 2.38. The van der Waals surface area contributed by atoms with E-state index in [9.17, 15) is 13.6 Å². The Hall–Kier alpha value is -3.10. The number of pyridine rings is 1. The number of aromatic amines is 1. The maximum absolute atomic E-state index is 13.6. The molecule has 0 aliphatic heterocycles. The van der Waals surface area contributed by atoms with E-state index < -0.39 is 5.92 Å². The van der Waals surface area contributed by atoms with Gasteiger partial charge in [-0.2, -0.15) is 5.10 Å². The molecule has 9 heteroatoms. The molecule has 4 heterocycles. The molecule has 0 aromatic carbocycles. The zero-order chi connectivity index (χ0) is 21.2. The molecule has 0 bridgehead atoms. The molecule has 0 unspecified atom stereocenters. The topological polar surface area (TPSA) is 80.9 Å². The van der Waals surface area contributed by atoms with Crippen molar-refractivity contribution < 1.29 is 8.78 Å². The third-order valence-electron chi connectivity index (χ3n) is 6.90. The number of halogens is 2. The van der Waals surface area contributed by atoms with E-state index in [-0.39, 0.29) is 36.3 Å². The molecule has 2 atom stereocenters. The zero-order valence-corrected chi connectivity index (χ0v) is 16.8. The van der Waals surface area contributed by atoms with Crippen molar-refractivity contribution >= 4 is 16.7 Å². The summed E-state index contributed by atoms with van der Waals surface area (Å²) in [6.45, 7) is 0. The predicted octanol–water partition coefficient (Wildman–Crippen LogP) is 4.18. The van der Waals surface area contributed by atoms with Crippen LogP contribution in [0.5, 0.6) is 0 Å². The van der Waals surface area contributed by atoms with Crippen LogP contribution in [-0.2, 0) is 0 Å². The summed E-state index contributed by atoms with van der Waals surface area (Å²) < 4.78 is 30.9. The monoisotopic (exact) mass is 424 g/mol. The Morgan fingerprint density at radius 1 is 1.06 bits per heavy atom. The van der Waals surface area contributed by atoms with Gasteiger partial charge in [-0.25, -0.2) is 23.4 Å². The highest BCUT2D eigenvalue weighted by Crippen LogP contribution is 2.47. The number of H-pyrrole nitrogens is 1. The third-order valence-corrected chi connectivity index (χ3v) is 6.90. The second kappa shape index (κ2) is 6.70. The minimum atomic E-state index is -2.61. The Labute approximate surface area is 176 Å². The molecule has 2 saturated carbocycles. The molecule has 0 saturated heterocycles. The van der Waals surface area contributed by atoms with Gasteiger partial charge in [-0.05, 0) is 37.8 Å². The first-order valence-corrected chi connectivity index (χ1v) is 10.8. The summed E-state index contributed by atoms with van der Waals surface area (Å²) in [7, 11) is 0. The molecular weight excluding hydrogens is 402 g/mol. The summed E-state index contributed by atoms with van der Waals surface area (Å²) >= 11 is 0. The zero-order valence-electron chi connectivity index (χ0n) is 16.8. The van der Waals surface area contributed by atoms with Crippen molar-refractivity contribution in [3.05, 3.63) is 58.7 Å². The SMILES string of the molecule is O=c1[nH]c([C@H]2CC[C@@H]2c2cn3ccccc3n2)nc2c1cnn2C1CCC(F)(F)CC1. The largest absolute Gasteiger partial charge is 0.310 e. The van der Waals surface area contributed by atoms with Gasteiger partial charge in [-0.1, -0.05) is 6.07 Å². The first kappa shape index (κ1) is 18.7. The molecule has 2 aliphatic rings. The van der Waals surface area contributed by atoms with E-state index in [0.717, 1.165) is 24.2 Å². The fourth-order valence-corrected chi connectivity index (χ4v) is 4.98. The summed E-state index contributed by atoms with van der Waals surface area (Å²) in [6.07, 6.45) is 7.75. The molecule has 160 valence electrons. The number of rotatable bonds is 3. The summed E-state index contributed by atoms with van der Waals surface area (Å²) in [5.74, 6) is -1.72. The van der Waals surface area contributed by atoms with Crippen LogP contribution in [0.4, 0.5) is 8.78 Å². The lowest BCUT2D eigenvalue weighted by Gasteiger charge is -2.34. The van der Waals surface area contributed by atoms with Crippen LogP contribution in [0.3, 0.4) is 0 Å². The van der Waals surface area contributed by atoms with Crippen molar-refractivity contribution in [1.29, 1.82) is 0 Å². The summed E-state index contributed by atoms with van der Waals surface area (Å²) in [4.78, 5) is 25.2. The number of imidazole rings is 1. The molecular formula is C22H22F2N6O. The standard InChI is InChI=1S/C22H22F2N6O/c23-22(24)8-6-13(7-9-22)30-20-16(11-25-30)21(31)28-19(27-20)15-5-4-14(15)17-12-29-10-2-1-3-18(29)26-17/h1-3,10-15H,4-9H2,(H,27,28,31)/t14-,15-/m0/s1. The van der Waals surface area contributed by atoms with E-state index in [1.807, 2.05) is 35.0 Å². The maximum Gasteiger partial charge on any atom is 0.262 e. The van der Waals surface area contributed by atoms with Crippen molar-refractivity contribution in [3.63, 3.8) is 0 Å². The van der Waals surface area contributed by atoms with Crippen molar-refractivity contribution in [1.82, 2.24) is 29.1 Å². The third kappa shape index (κ3) is 3.05. The Morgan fingerprint density at radius 3 is 2.61 bits per heavy atom. The minimum absolute atomic E-state index is 0.0704. The van der Waals surface area contributed by atoms with E-state index in [1.165, 1.54) is 6.20 Å². The lowest BCUT2D eigenvalue weighted by atomic mass is 9.71. The molecule has 0 spiro atoms. The fraction of sp³-hybridized carbons (Fsp3) is 0.455. The molecule has 31 heavy (non-hydrogen) atoms. The number of aromatic nitrogens is 6. The molecule has 0 radical (unpaired) electrons. The lowest BCUT2D eigenvalue weighted by Crippen LogP contribution is -2.28. The van der Waals surface area contributed by atoms with Crippen LogP contribution in [0.2, 0.25) is 0 Å². The highest BCUT2D eigenvalue weighted by molar-refractivity contribution is 5.73. The number of hydrogen-bond donors (Lipinski definition) is 1. The van der Waals surface area contributed by atoms with Crippen LogP contribution in [0.1, 0.15) is 67.9 Å². The van der Waals surface area contributed by atoms with Crippen molar-refractivity contribution in [2.24, 2.45) is 0 Å². The second-order valence-corrected chi connectivity index (χ2v) is 8.79. The van der Waals surface area contributed by atoms with Gasteiger partial charge in [-0.3, -0.25) is 4.79 Å². The molecule has 7 nitrogen and oxygen atoms in total. The van der Waals surface area contributed by atoms with Gasteiger partial charge < -0.3 is 9.38 Å². The number of nitrogens with one attached hydrogen (secondary N) is 1. The number of hydrogen-bond acceptors (Lipinski definition) is 4. The highest BCUT2D eigenvalue weighted by atomic mass is 19.3. The van der Waals surface area contributed by atoms with E-state index in [1.54, 1.807) is 4.68 Å². The van der Waals surface area contributed by atoms with Crippen LogP contribution < -0.4 is 5.56 Å². The number of alkyl halides is 2. The second-order valence-electron chi connectivity index (χ2n) is 8.79. The quantitative estimate of drug-likeness (QED) is 0.535. The molecule has 6 rings (SSSR count). The number of nitrogens with zero attached hydrogens (tertiary/aromatic N) is 5. The van der Waals surface area contributed by atoms with Crippen LogP contribution in [-0.4, -0.2) is 35.1 Å². The number of fused-ring (bicyclic) bond motifs is 2. The lowest BCUT2D eigenvalue weighted by molar-refractivity contribution is -0.0446. The first-order chi connectivity index (χ1) is 15.0. The summed E-state index contributed by atoms with van der Waals surface area (Å²) in [6, 6.07) is 5.73. The van der Waals surface area contributed by atoms with Gasteiger partial charge in [0.2, 0.25) is 5.92 Å². The van der Waals surface area contributed by atoms with E-state index >= 15 is 0 Å². The van der Waals surface area contributed by atoms with Crippen molar-refractivity contribution in [2.45, 2.75) is 62.3 Å². The van der Waals surface area contributed by atoms with Crippen molar-refractivity contribution in [2.75, 3.05) is 0 Å². The van der Waals surface area contributed by atoms with E-state index in [0.29, 0.717) is 29.7 Å². The molecule has 1 N–H and O–H groups in total. The van der Waals surface area contributed by atoms with Gasteiger partial charge in [0.25, 0.3) is 5.56 Å². The van der Waals surface area contributed by atoms with E-state index in [4.69, 9.17) is 9.97 Å². The molecule has 2 aliphatic carbocycles. The normalized spacial score (nSPS) is 23.9. The Balaban J connectivity index is 1.35. The van der Waals surface area contributed by atoms with Crippen LogP contribution in [0, 0.1) is 0 Å². The first-order valence-electron chi connectivity index (χ1n) is 10.8. The predicted molar refractivity (Wildman–Crippen MR) is 111 cm³/mol.